The summed E-state index contributed by atoms with van der Waals surface area (Å²) < 4.78 is 1.92. The highest BCUT2D eigenvalue weighted by Gasteiger charge is 2.17. The number of carbonyl (C=O) groups excluding carboxylic acids is 1. The third-order valence-corrected chi connectivity index (χ3v) is 6.71. The number of nitrogens with zero attached hydrogens (tertiary/aromatic N) is 3. The summed E-state index contributed by atoms with van der Waals surface area (Å²) >= 11 is 1.39. The molecule has 30 heavy (non-hydrogen) atoms. The third kappa shape index (κ3) is 3.37. The average molecular weight is 415 g/mol. The van der Waals surface area contributed by atoms with E-state index in [1.54, 1.807) is 6.33 Å². The van der Waals surface area contributed by atoms with E-state index in [2.05, 4.69) is 65.8 Å². The Labute approximate surface area is 179 Å². The van der Waals surface area contributed by atoms with E-state index >= 15 is 0 Å². The number of carbonyl (C=O) groups is 1. The van der Waals surface area contributed by atoms with Crippen molar-refractivity contribution in [3.63, 3.8) is 0 Å². The normalized spacial score (nSPS) is 12.5. The summed E-state index contributed by atoms with van der Waals surface area (Å²) in [6.07, 6.45) is 3.84. The van der Waals surface area contributed by atoms with Crippen LogP contribution in [0.5, 0.6) is 0 Å². The SMILES string of the molecule is Cc1ccc(-n2cnnc2SCC(=O)Nc2ccc3c4c(cccc24)CC3)cc1C. The highest BCUT2D eigenvalue weighted by Crippen LogP contribution is 2.35. The van der Waals surface area contributed by atoms with Crippen LogP contribution in [0, 0.1) is 13.8 Å². The Morgan fingerprint density at radius 1 is 1.07 bits per heavy atom. The zero-order chi connectivity index (χ0) is 20.7. The number of rotatable bonds is 5. The van der Waals surface area contributed by atoms with Crippen LogP contribution in [0.3, 0.4) is 0 Å². The van der Waals surface area contributed by atoms with Gasteiger partial charge in [-0.15, -0.1) is 10.2 Å². The van der Waals surface area contributed by atoms with Crippen molar-refractivity contribution in [2.75, 3.05) is 11.1 Å². The van der Waals surface area contributed by atoms with Gasteiger partial charge in [-0.2, -0.15) is 0 Å². The van der Waals surface area contributed by atoms with Crippen LogP contribution in [0.15, 0.2) is 60.0 Å². The maximum absolute atomic E-state index is 12.7. The van der Waals surface area contributed by atoms with Crippen LogP contribution in [0.2, 0.25) is 0 Å². The summed E-state index contributed by atoms with van der Waals surface area (Å²) in [5, 5.41) is 14.5. The molecule has 6 heteroatoms. The number of hydrogen-bond acceptors (Lipinski definition) is 4. The second-order valence-corrected chi connectivity index (χ2v) is 8.64. The predicted octanol–water partition coefficient (Wildman–Crippen LogP) is 4.87. The van der Waals surface area contributed by atoms with Gasteiger partial charge < -0.3 is 5.32 Å². The van der Waals surface area contributed by atoms with Crippen molar-refractivity contribution < 1.29 is 4.79 Å². The van der Waals surface area contributed by atoms with Gasteiger partial charge in [-0.25, -0.2) is 0 Å². The summed E-state index contributed by atoms with van der Waals surface area (Å²) in [5.41, 5.74) is 7.06. The van der Waals surface area contributed by atoms with Gasteiger partial charge in [0.2, 0.25) is 5.91 Å². The molecule has 0 radical (unpaired) electrons. The largest absolute Gasteiger partial charge is 0.325 e. The van der Waals surface area contributed by atoms with Gasteiger partial charge >= 0.3 is 0 Å². The van der Waals surface area contributed by atoms with Crippen molar-refractivity contribution in [1.29, 1.82) is 0 Å². The number of nitrogens with one attached hydrogen (secondary N) is 1. The molecule has 0 spiro atoms. The number of hydrogen-bond donors (Lipinski definition) is 1. The molecule has 0 aliphatic heterocycles. The molecule has 1 amide bonds. The Balaban J connectivity index is 1.32. The molecule has 5 nitrogen and oxygen atoms in total. The van der Waals surface area contributed by atoms with E-state index in [0.29, 0.717) is 5.16 Å². The van der Waals surface area contributed by atoms with Gasteiger partial charge in [-0.3, -0.25) is 9.36 Å². The van der Waals surface area contributed by atoms with Gasteiger partial charge in [-0.1, -0.05) is 42.1 Å². The molecule has 4 aromatic rings. The first kappa shape index (κ1) is 18.9. The van der Waals surface area contributed by atoms with Crippen LogP contribution in [0.4, 0.5) is 5.69 Å². The lowest BCUT2D eigenvalue weighted by Gasteiger charge is -2.11. The maximum atomic E-state index is 12.7. The van der Waals surface area contributed by atoms with Gasteiger partial charge in [0.25, 0.3) is 0 Å². The summed E-state index contributed by atoms with van der Waals surface area (Å²) in [6.45, 7) is 4.17. The van der Waals surface area contributed by atoms with Crippen molar-refractivity contribution in [3.8, 4) is 5.69 Å². The molecule has 0 atom stereocenters. The van der Waals surface area contributed by atoms with Gasteiger partial charge in [0.15, 0.2) is 5.16 Å². The second kappa shape index (κ2) is 7.61. The molecule has 1 aromatic heterocycles. The lowest BCUT2D eigenvalue weighted by atomic mass is 10.0. The van der Waals surface area contributed by atoms with Crippen molar-refractivity contribution in [1.82, 2.24) is 14.8 Å². The van der Waals surface area contributed by atoms with Gasteiger partial charge in [0.1, 0.15) is 6.33 Å². The zero-order valence-electron chi connectivity index (χ0n) is 17.0. The van der Waals surface area contributed by atoms with Crippen LogP contribution in [0.1, 0.15) is 22.3 Å². The molecule has 0 saturated heterocycles. The number of thioether (sulfide) groups is 1. The quantitative estimate of drug-likeness (QED) is 0.474. The van der Waals surface area contributed by atoms with Crippen molar-refractivity contribution in [2.45, 2.75) is 31.8 Å². The molecule has 0 bridgehead atoms. The molecular formula is C24H22N4OS. The molecule has 3 aromatic carbocycles. The van der Waals surface area contributed by atoms with Crippen LogP contribution < -0.4 is 5.32 Å². The van der Waals surface area contributed by atoms with E-state index in [1.807, 2.05) is 16.7 Å². The maximum Gasteiger partial charge on any atom is 0.234 e. The molecular weight excluding hydrogens is 392 g/mol. The zero-order valence-corrected chi connectivity index (χ0v) is 17.8. The molecule has 150 valence electrons. The smallest absolute Gasteiger partial charge is 0.234 e. The van der Waals surface area contributed by atoms with E-state index in [9.17, 15) is 4.79 Å². The van der Waals surface area contributed by atoms with E-state index in [4.69, 9.17) is 0 Å². The van der Waals surface area contributed by atoms with Crippen LogP contribution in [-0.2, 0) is 17.6 Å². The number of benzene rings is 3. The van der Waals surface area contributed by atoms with E-state index in [0.717, 1.165) is 29.6 Å². The summed E-state index contributed by atoms with van der Waals surface area (Å²) in [6, 6.07) is 16.7. The first-order valence-corrected chi connectivity index (χ1v) is 11.0. The molecule has 1 aliphatic carbocycles. The number of aromatic nitrogens is 3. The minimum Gasteiger partial charge on any atom is -0.325 e. The Bertz CT molecular complexity index is 1270. The summed E-state index contributed by atoms with van der Waals surface area (Å²) in [4.78, 5) is 12.7. The minimum absolute atomic E-state index is 0.0478. The molecule has 5 rings (SSSR count). The molecule has 1 heterocycles. The fourth-order valence-electron chi connectivity index (χ4n) is 4.05. The fraction of sp³-hybridized carbons (Fsp3) is 0.208. The Kier molecular flexibility index (Phi) is 4.79. The first-order valence-electron chi connectivity index (χ1n) is 10.0. The highest BCUT2D eigenvalue weighted by molar-refractivity contribution is 7.99. The minimum atomic E-state index is -0.0478. The summed E-state index contributed by atoms with van der Waals surface area (Å²) in [5.74, 6) is 0.222. The van der Waals surface area contributed by atoms with E-state index in [1.165, 1.54) is 39.4 Å². The molecule has 0 fully saturated rings. The molecule has 0 unspecified atom stereocenters. The van der Waals surface area contributed by atoms with Gasteiger partial charge in [0, 0.05) is 16.8 Å². The Morgan fingerprint density at radius 2 is 1.90 bits per heavy atom. The van der Waals surface area contributed by atoms with Crippen LogP contribution >= 0.6 is 11.8 Å². The predicted molar refractivity (Wildman–Crippen MR) is 122 cm³/mol. The number of aryl methyl sites for hydroxylation is 4. The van der Waals surface area contributed by atoms with Crippen LogP contribution in [0.25, 0.3) is 16.5 Å². The molecule has 0 saturated carbocycles. The standard InChI is InChI=1S/C24H22N4OS/c1-15-6-10-19(12-16(15)2)28-14-25-27-24(28)30-13-22(29)26-21-11-9-18-8-7-17-4-3-5-20(21)23(17)18/h3-6,9-12,14H,7-8,13H2,1-2H3,(H,26,29). The van der Waals surface area contributed by atoms with Crippen molar-refractivity contribution in [3.05, 3.63) is 77.1 Å². The Morgan fingerprint density at radius 3 is 2.73 bits per heavy atom. The van der Waals surface area contributed by atoms with Gasteiger partial charge in [-0.05, 0) is 72.5 Å². The van der Waals surface area contributed by atoms with Gasteiger partial charge in [0.05, 0.1) is 5.75 Å². The number of anilines is 1. The fourth-order valence-corrected chi connectivity index (χ4v) is 4.78. The third-order valence-electron chi connectivity index (χ3n) is 5.77. The van der Waals surface area contributed by atoms with Crippen molar-refractivity contribution >= 4 is 34.1 Å². The van der Waals surface area contributed by atoms with E-state index < -0.39 is 0 Å². The second-order valence-electron chi connectivity index (χ2n) is 7.70. The van der Waals surface area contributed by atoms with E-state index in [-0.39, 0.29) is 11.7 Å². The van der Waals surface area contributed by atoms with Crippen molar-refractivity contribution in [2.24, 2.45) is 0 Å². The summed E-state index contributed by atoms with van der Waals surface area (Å²) in [7, 11) is 0. The number of amides is 1. The Hall–Kier alpha value is -3.12. The lowest BCUT2D eigenvalue weighted by molar-refractivity contribution is -0.113. The first-order chi connectivity index (χ1) is 14.6. The molecule has 1 aliphatic rings. The highest BCUT2D eigenvalue weighted by atomic mass is 32.2. The monoisotopic (exact) mass is 414 g/mol. The topological polar surface area (TPSA) is 59.8 Å². The molecule has 1 N–H and O–H groups in total. The van der Waals surface area contributed by atoms with Crippen LogP contribution in [-0.4, -0.2) is 26.4 Å². The lowest BCUT2D eigenvalue weighted by Crippen LogP contribution is -2.15. The average Bonchev–Trinajstić information content (AvgIpc) is 3.39.